The first kappa shape index (κ1) is 38.3. The molecular weight excluding hydrogens is 715 g/mol. The summed E-state index contributed by atoms with van der Waals surface area (Å²) in [6.07, 6.45) is 13.6. The van der Waals surface area contributed by atoms with E-state index >= 15 is 0 Å². The molecule has 2 aromatic carbocycles. The number of benzene rings is 2. The van der Waals surface area contributed by atoms with Crippen molar-refractivity contribution < 1.29 is 18.9 Å². The summed E-state index contributed by atoms with van der Waals surface area (Å²) in [5.41, 5.74) is 5.63. The van der Waals surface area contributed by atoms with Crippen molar-refractivity contribution in [3.8, 4) is 11.5 Å². The molecule has 4 fully saturated rings. The molecule has 0 spiro atoms. The van der Waals surface area contributed by atoms with Crippen LogP contribution in [0.1, 0.15) is 103 Å². The van der Waals surface area contributed by atoms with Crippen LogP contribution in [0.4, 0.5) is 5.82 Å². The van der Waals surface area contributed by atoms with Crippen LogP contribution < -0.4 is 14.8 Å². The summed E-state index contributed by atoms with van der Waals surface area (Å²) >= 11 is 0. The second-order valence-electron chi connectivity index (χ2n) is 18.8. The number of aryl methyl sites for hydroxylation is 1. The molecule has 0 amide bonds. The smallest absolute Gasteiger partial charge is 0.163 e. The molecule has 4 heterocycles. The van der Waals surface area contributed by atoms with Gasteiger partial charge in [-0.25, -0.2) is 15.0 Å². The molecular formula is C46H61N7O4. The minimum atomic E-state index is -0.625. The van der Waals surface area contributed by atoms with Gasteiger partial charge in [0.1, 0.15) is 41.2 Å². The van der Waals surface area contributed by atoms with Gasteiger partial charge in [0.15, 0.2) is 5.79 Å². The van der Waals surface area contributed by atoms with Crippen molar-refractivity contribution in [2.75, 3.05) is 32.6 Å². The van der Waals surface area contributed by atoms with Crippen molar-refractivity contribution in [2.24, 2.45) is 17.8 Å². The van der Waals surface area contributed by atoms with Crippen molar-refractivity contribution in [3.63, 3.8) is 0 Å². The normalized spacial score (nSPS) is 25.8. The van der Waals surface area contributed by atoms with Gasteiger partial charge in [0, 0.05) is 55.8 Å². The molecule has 11 nitrogen and oxygen atoms in total. The van der Waals surface area contributed by atoms with Crippen LogP contribution in [0.5, 0.6) is 11.5 Å². The molecule has 304 valence electrons. The number of fused-ring (bicyclic) bond motifs is 3. The van der Waals surface area contributed by atoms with E-state index < -0.39 is 5.79 Å². The second kappa shape index (κ2) is 15.2. The SMILES string of the molecule is COc1ccc(CNc2ncnc3c2ccn3[C@@H]2C[C@H](CN(CC3CCC3)C3CC(CCc4nc5cc(C(C)(C)C)ccc5[nH]4)C3)[C@H]3OC(C)(C)O[C@H]32)c(OC)c1. The number of aromatic amines is 1. The highest BCUT2D eigenvalue weighted by molar-refractivity contribution is 5.87. The molecule has 5 aromatic rings. The van der Waals surface area contributed by atoms with Gasteiger partial charge >= 0.3 is 0 Å². The van der Waals surface area contributed by atoms with Gasteiger partial charge < -0.3 is 33.8 Å². The molecule has 2 N–H and O–H groups in total. The number of nitrogens with one attached hydrogen (secondary N) is 2. The maximum atomic E-state index is 6.77. The predicted octanol–water partition coefficient (Wildman–Crippen LogP) is 8.83. The fraction of sp³-hybridized carbons (Fsp3) is 0.587. The monoisotopic (exact) mass is 775 g/mol. The number of nitrogens with zero attached hydrogens (tertiary/aromatic N) is 5. The van der Waals surface area contributed by atoms with Crippen molar-refractivity contribution in [1.29, 1.82) is 0 Å². The molecule has 11 heteroatoms. The number of hydrogen-bond donors (Lipinski definition) is 2. The Morgan fingerprint density at radius 3 is 2.53 bits per heavy atom. The Kier molecular flexibility index (Phi) is 10.2. The second-order valence-corrected chi connectivity index (χ2v) is 18.8. The van der Waals surface area contributed by atoms with Gasteiger partial charge in [-0.1, -0.05) is 33.3 Å². The first-order chi connectivity index (χ1) is 27.4. The predicted molar refractivity (Wildman–Crippen MR) is 224 cm³/mol. The number of H-pyrrole nitrogens is 1. The summed E-state index contributed by atoms with van der Waals surface area (Å²) in [4.78, 5) is 21.0. The number of anilines is 1. The largest absolute Gasteiger partial charge is 0.497 e. The quantitative estimate of drug-likeness (QED) is 0.114. The first-order valence-corrected chi connectivity index (χ1v) is 21.3. The van der Waals surface area contributed by atoms with Gasteiger partial charge in [-0.2, -0.15) is 0 Å². The number of methoxy groups -OCH3 is 2. The average Bonchev–Trinajstić information content (AvgIpc) is 3.92. The molecule has 3 aromatic heterocycles. The van der Waals surface area contributed by atoms with Crippen LogP contribution in [-0.2, 0) is 27.9 Å². The summed E-state index contributed by atoms with van der Waals surface area (Å²) in [6.45, 7) is 13.7. The molecule has 3 saturated carbocycles. The van der Waals surface area contributed by atoms with Gasteiger partial charge in [-0.3, -0.25) is 4.90 Å². The lowest BCUT2D eigenvalue weighted by Gasteiger charge is -2.46. The number of ether oxygens (including phenoxy) is 4. The van der Waals surface area contributed by atoms with E-state index in [4.69, 9.17) is 28.9 Å². The third-order valence-electron chi connectivity index (χ3n) is 13.5. The van der Waals surface area contributed by atoms with Gasteiger partial charge in [0.05, 0.1) is 42.8 Å². The fourth-order valence-corrected chi connectivity index (χ4v) is 9.96. The van der Waals surface area contributed by atoms with Gasteiger partial charge in [0.2, 0.25) is 0 Å². The van der Waals surface area contributed by atoms with Crippen LogP contribution in [0.25, 0.3) is 22.1 Å². The van der Waals surface area contributed by atoms with Gasteiger partial charge in [-0.05, 0) is 106 Å². The van der Waals surface area contributed by atoms with E-state index in [1.807, 2.05) is 18.2 Å². The molecule has 0 radical (unpaired) electrons. The standard InChI is InChI=1S/C46H61N7O4/c1-45(2,3)32-13-15-36-37(22-32)51-40(50-36)16-11-29-19-33(20-29)52(25-28-9-8-10-28)26-31-21-38(42-41(31)56-46(4,5)57-42)53-18-17-35-43(48-27-49-44(35)53)47-24-30-12-14-34(54-6)23-39(30)55-7/h12-15,17-18,22-23,27-29,31,33,38,41-42H,8-11,16,19-21,24-26H2,1-7H3,(H,50,51)(H,47,48,49)/t29?,31-,33?,38-,41-,42+/m1/s1. The highest BCUT2D eigenvalue weighted by Gasteiger charge is 2.55. The number of hydrogen-bond acceptors (Lipinski definition) is 9. The maximum absolute atomic E-state index is 6.77. The Bertz CT molecular complexity index is 2200. The topological polar surface area (TPSA) is 112 Å². The van der Waals surface area contributed by atoms with Crippen LogP contribution in [0.3, 0.4) is 0 Å². The molecule has 4 aliphatic rings. The Morgan fingerprint density at radius 1 is 0.947 bits per heavy atom. The van der Waals surface area contributed by atoms with Crippen LogP contribution in [-0.4, -0.2) is 80.7 Å². The zero-order valence-corrected chi connectivity index (χ0v) is 34.9. The average molecular weight is 776 g/mol. The zero-order valence-electron chi connectivity index (χ0n) is 34.9. The molecule has 3 aliphatic carbocycles. The number of aromatic nitrogens is 5. The van der Waals surface area contributed by atoms with Crippen molar-refractivity contribution in [2.45, 2.75) is 128 Å². The van der Waals surface area contributed by atoms with Crippen molar-refractivity contribution in [1.82, 2.24) is 29.4 Å². The Hall–Kier alpha value is -4.19. The van der Waals surface area contributed by atoms with Crippen molar-refractivity contribution >= 4 is 27.9 Å². The molecule has 57 heavy (non-hydrogen) atoms. The third-order valence-corrected chi connectivity index (χ3v) is 13.5. The molecule has 9 rings (SSSR count). The lowest BCUT2D eigenvalue weighted by molar-refractivity contribution is -0.161. The highest BCUT2D eigenvalue weighted by atomic mass is 16.8. The summed E-state index contributed by atoms with van der Waals surface area (Å²) in [5.74, 6) is 4.76. The Balaban J connectivity index is 0.879. The van der Waals surface area contributed by atoms with Crippen LogP contribution in [0.15, 0.2) is 55.0 Å². The Labute approximate surface area is 337 Å². The van der Waals surface area contributed by atoms with Crippen LogP contribution in [0, 0.1) is 17.8 Å². The maximum Gasteiger partial charge on any atom is 0.163 e. The van der Waals surface area contributed by atoms with E-state index in [1.165, 1.54) is 50.6 Å². The molecule has 0 unspecified atom stereocenters. The summed E-state index contributed by atoms with van der Waals surface area (Å²) in [5, 5.41) is 4.54. The number of imidazole rings is 1. The first-order valence-electron chi connectivity index (χ1n) is 21.3. The third kappa shape index (κ3) is 7.75. The summed E-state index contributed by atoms with van der Waals surface area (Å²) in [7, 11) is 3.35. The lowest BCUT2D eigenvalue weighted by Crippen LogP contribution is -2.50. The highest BCUT2D eigenvalue weighted by Crippen LogP contribution is 2.49. The van der Waals surface area contributed by atoms with Crippen LogP contribution >= 0.6 is 0 Å². The molecule has 0 bridgehead atoms. The Morgan fingerprint density at radius 2 is 1.77 bits per heavy atom. The van der Waals surface area contributed by atoms with Gasteiger partial charge in [-0.15, -0.1) is 0 Å². The number of rotatable bonds is 14. The van der Waals surface area contributed by atoms with E-state index in [-0.39, 0.29) is 23.7 Å². The van der Waals surface area contributed by atoms with Crippen molar-refractivity contribution in [3.05, 3.63) is 71.9 Å². The van der Waals surface area contributed by atoms with E-state index in [0.717, 1.165) is 82.0 Å². The molecule has 1 aliphatic heterocycles. The van der Waals surface area contributed by atoms with Crippen LogP contribution in [0.2, 0.25) is 0 Å². The van der Waals surface area contributed by atoms with E-state index in [2.05, 4.69) is 89.8 Å². The fourth-order valence-electron chi connectivity index (χ4n) is 9.96. The van der Waals surface area contributed by atoms with E-state index in [1.54, 1.807) is 20.5 Å². The zero-order chi connectivity index (χ0) is 39.5. The minimum Gasteiger partial charge on any atom is -0.497 e. The molecule has 4 atom stereocenters. The van der Waals surface area contributed by atoms with E-state index in [9.17, 15) is 0 Å². The molecule has 1 saturated heterocycles. The summed E-state index contributed by atoms with van der Waals surface area (Å²) in [6, 6.07) is 15.5. The van der Waals surface area contributed by atoms with E-state index in [0.29, 0.717) is 18.5 Å². The minimum absolute atomic E-state index is 0.0380. The summed E-state index contributed by atoms with van der Waals surface area (Å²) < 4.78 is 26.9. The van der Waals surface area contributed by atoms with Gasteiger partial charge in [0.25, 0.3) is 0 Å². The lowest BCUT2D eigenvalue weighted by atomic mass is 9.75.